The van der Waals surface area contributed by atoms with Crippen molar-refractivity contribution in [2.45, 2.75) is 32.7 Å². The molecule has 0 aromatic heterocycles. The fraction of sp³-hybridized carbons (Fsp3) is 0.455. The number of aryl methyl sites for hydroxylation is 1. The Morgan fingerprint density at radius 3 is 2.50 bits per heavy atom. The molecule has 1 atom stereocenters. The Bertz CT molecular complexity index is 363. The van der Waals surface area contributed by atoms with Crippen LogP contribution in [0.2, 0.25) is 0 Å². The van der Waals surface area contributed by atoms with Crippen molar-refractivity contribution < 1.29 is 17.9 Å². The summed E-state index contributed by atoms with van der Waals surface area (Å²) >= 11 is 0. The van der Waals surface area contributed by atoms with Gasteiger partial charge in [0.25, 0.3) is 0 Å². The smallest absolute Gasteiger partial charge is 0.425 e. The lowest BCUT2D eigenvalue weighted by Gasteiger charge is -2.19. The summed E-state index contributed by atoms with van der Waals surface area (Å²) in [5, 5.41) is 0. The highest BCUT2D eigenvalue weighted by molar-refractivity contribution is 5.37. The number of benzene rings is 1. The molecule has 0 saturated carbocycles. The van der Waals surface area contributed by atoms with Crippen LogP contribution in [-0.2, 0) is 6.54 Å². The molecule has 0 bridgehead atoms. The summed E-state index contributed by atoms with van der Waals surface area (Å²) in [6.07, 6.45) is -6.20. The first-order chi connectivity index (χ1) is 7.34. The van der Waals surface area contributed by atoms with Gasteiger partial charge in [0.2, 0.25) is 0 Å². The standard InChI is InChI=1S/C11H14F3NO/c1-7-3-4-9(6-15)10(5-7)16-8(2)11(12,13)14/h3-5,8H,6,15H2,1-2H3. The van der Waals surface area contributed by atoms with E-state index in [1.165, 1.54) is 0 Å². The molecule has 0 heterocycles. The van der Waals surface area contributed by atoms with Gasteiger partial charge < -0.3 is 10.5 Å². The van der Waals surface area contributed by atoms with Gasteiger partial charge in [-0.2, -0.15) is 13.2 Å². The van der Waals surface area contributed by atoms with Crippen molar-refractivity contribution in [3.8, 4) is 5.75 Å². The molecule has 1 rings (SSSR count). The van der Waals surface area contributed by atoms with Crippen LogP contribution in [0.25, 0.3) is 0 Å². The number of hydrogen-bond acceptors (Lipinski definition) is 2. The van der Waals surface area contributed by atoms with Crippen LogP contribution in [0.3, 0.4) is 0 Å². The van der Waals surface area contributed by atoms with Crippen molar-refractivity contribution in [3.63, 3.8) is 0 Å². The molecule has 0 aliphatic heterocycles. The molecule has 0 fully saturated rings. The molecular formula is C11H14F3NO. The lowest BCUT2D eigenvalue weighted by atomic mass is 10.1. The molecule has 90 valence electrons. The Balaban J connectivity index is 2.91. The van der Waals surface area contributed by atoms with Gasteiger partial charge in [0, 0.05) is 12.1 Å². The van der Waals surface area contributed by atoms with Crippen molar-refractivity contribution in [2.75, 3.05) is 0 Å². The first kappa shape index (κ1) is 12.8. The molecule has 0 radical (unpaired) electrons. The first-order valence-electron chi connectivity index (χ1n) is 4.87. The van der Waals surface area contributed by atoms with Gasteiger partial charge in [-0.05, 0) is 25.5 Å². The molecule has 2 nitrogen and oxygen atoms in total. The predicted molar refractivity (Wildman–Crippen MR) is 55.2 cm³/mol. The zero-order valence-corrected chi connectivity index (χ0v) is 9.14. The van der Waals surface area contributed by atoms with Gasteiger partial charge in [0.1, 0.15) is 5.75 Å². The van der Waals surface area contributed by atoms with Crippen molar-refractivity contribution in [1.29, 1.82) is 0 Å². The zero-order valence-electron chi connectivity index (χ0n) is 9.14. The number of hydrogen-bond donors (Lipinski definition) is 1. The van der Waals surface area contributed by atoms with Crippen molar-refractivity contribution in [3.05, 3.63) is 29.3 Å². The summed E-state index contributed by atoms with van der Waals surface area (Å²) in [5.74, 6) is 0.201. The Morgan fingerprint density at radius 2 is 2.00 bits per heavy atom. The second-order valence-corrected chi connectivity index (χ2v) is 3.62. The summed E-state index contributed by atoms with van der Waals surface area (Å²) in [5.41, 5.74) is 6.83. The van der Waals surface area contributed by atoms with Gasteiger partial charge in [-0.15, -0.1) is 0 Å². The minimum Gasteiger partial charge on any atom is -0.481 e. The monoisotopic (exact) mass is 233 g/mol. The van der Waals surface area contributed by atoms with Gasteiger partial charge in [0.05, 0.1) is 0 Å². The number of halogens is 3. The Morgan fingerprint density at radius 1 is 1.38 bits per heavy atom. The van der Waals surface area contributed by atoms with Crippen LogP contribution >= 0.6 is 0 Å². The van der Waals surface area contributed by atoms with Gasteiger partial charge in [-0.1, -0.05) is 12.1 Å². The van der Waals surface area contributed by atoms with E-state index in [2.05, 4.69) is 0 Å². The zero-order chi connectivity index (χ0) is 12.3. The van der Waals surface area contributed by atoms with Crippen molar-refractivity contribution in [2.24, 2.45) is 5.73 Å². The van der Waals surface area contributed by atoms with E-state index in [1.54, 1.807) is 25.1 Å². The SMILES string of the molecule is Cc1ccc(CN)c(OC(C)C(F)(F)F)c1. The van der Waals surface area contributed by atoms with Gasteiger partial charge in [-0.25, -0.2) is 0 Å². The maximum absolute atomic E-state index is 12.3. The summed E-state index contributed by atoms with van der Waals surface area (Å²) in [7, 11) is 0. The van der Waals surface area contributed by atoms with Gasteiger partial charge in [-0.3, -0.25) is 0 Å². The molecule has 5 heteroatoms. The third kappa shape index (κ3) is 3.13. The Kier molecular flexibility index (Phi) is 3.80. The molecule has 1 aromatic rings. The summed E-state index contributed by atoms with van der Waals surface area (Å²) < 4.78 is 41.8. The van der Waals surface area contributed by atoms with E-state index in [0.717, 1.165) is 12.5 Å². The van der Waals surface area contributed by atoms with Crippen LogP contribution in [0.1, 0.15) is 18.1 Å². The second-order valence-electron chi connectivity index (χ2n) is 3.62. The number of rotatable bonds is 3. The topological polar surface area (TPSA) is 35.2 Å². The van der Waals surface area contributed by atoms with Crippen LogP contribution in [0.5, 0.6) is 5.75 Å². The maximum atomic E-state index is 12.3. The number of ether oxygens (including phenoxy) is 1. The molecule has 0 spiro atoms. The molecule has 1 unspecified atom stereocenters. The third-order valence-corrected chi connectivity index (χ3v) is 2.21. The van der Waals surface area contributed by atoms with E-state index in [4.69, 9.17) is 10.5 Å². The minimum atomic E-state index is -4.37. The van der Waals surface area contributed by atoms with E-state index in [9.17, 15) is 13.2 Å². The van der Waals surface area contributed by atoms with Crippen LogP contribution in [0.15, 0.2) is 18.2 Å². The summed E-state index contributed by atoms with van der Waals surface area (Å²) in [4.78, 5) is 0. The van der Waals surface area contributed by atoms with Crippen molar-refractivity contribution >= 4 is 0 Å². The molecule has 0 amide bonds. The largest absolute Gasteiger partial charge is 0.481 e. The van der Waals surface area contributed by atoms with E-state index in [0.29, 0.717) is 5.56 Å². The highest BCUT2D eigenvalue weighted by atomic mass is 19.4. The molecule has 2 N–H and O–H groups in total. The van der Waals surface area contributed by atoms with Gasteiger partial charge in [0.15, 0.2) is 6.10 Å². The molecule has 0 aliphatic carbocycles. The van der Waals surface area contributed by atoms with Crippen LogP contribution < -0.4 is 10.5 Å². The number of alkyl halides is 3. The molecule has 0 aliphatic rings. The number of nitrogens with two attached hydrogens (primary N) is 1. The first-order valence-corrected chi connectivity index (χ1v) is 4.87. The third-order valence-electron chi connectivity index (χ3n) is 2.21. The average molecular weight is 233 g/mol. The second kappa shape index (κ2) is 4.74. The Hall–Kier alpha value is -1.23. The fourth-order valence-electron chi connectivity index (χ4n) is 1.20. The van der Waals surface area contributed by atoms with E-state index >= 15 is 0 Å². The minimum absolute atomic E-state index is 0.153. The van der Waals surface area contributed by atoms with Crippen LogP contribution in [0, 0.1) is 6.92 Å². The summed E-state index contributed by atoms with van der Waals surface area (Å²) in [6, 6.07) is 5.02. The average Bonchev–Trinajstić information content (AvgIpc) is 2.16. The molecule has 1 aromatic carbocycles. The normalized spacial score (nSPS) is 13.6. The van der Waals surface area contributed by atoms with Crippen molar-refractivity contribution in [1.82, 2.24) is 0 Å². The van der Waals surface area contributed by atoms with E-state index in [1.807, 2.05) is 0 Å². The van der Waals surface area contributed by atoms with Crippen LogP contribution in [-0.4, -0.2) is 12.3 Å². The highest BCUT2D eigenvalue weighted by Crippen LogP contribution is 2.27. The molecular weight excluding hydrogens is 219 g/mol. The lowest BCUT2D eigenvalue weighted by Crippen LogP contribution is -2.31. The fourth-order valence-corrected chi connectivity index (χ4v) is 1.20. The molecule has 16 heavy (non-hydrogen) atoms. The van der Waals surface area contributed by atoms with Gasteiger partial charge >= 0.3 is 6.18 Å². The quantitative estimate of drug-likeness (QED) is 0.871. The lowest BCUT2D eigenvalue weighted by molar-refractivity contribution is -0.189. The van der Waals surface area contributed by atoms with E-state index in [-0.39, 0.29) is 12.3 Å². The van der Waals surface area contributed by atoms with E-state index < -0.39 is 12.3 Å². The summed E-state index contributed by atoms with van der Waals surface area (Å²) in [6.45, 7) is 2.91. The highest BCUT2D eigenvalue weighted by Gasteiger charge is 2.38. The molecule has 0 saturated heterocycles. The van der Waals surface area contributed by atoms with Crippen LogP contribution in [0.4, 0.5) is 13.2 Å². The predicted octanol–water partition coefficient (Wildman–Crippen LogP) is 2.78. The maximum Gasteiger partial charge on any atom is 0.425 e. The Labute approximate surface area is 92.2 Å².